The fraction of sp³-hybridized carbons (Fsp3) is 0. The molecule has 0 fully saturated rings. The van der Waals surface area contributed by atoms with Crippen LogP contribution in [0.5, 0.6) is 0 Å². The lowest BCUT2D eigenvalue weighted by Crippen LogP contribution is -1.84. The van der Waals surface area contributed by atoms with Gasteiger partial charge in [0, 0.05) is 63.3 Å². The average molecular weight is 592 g/mol. The Labute approximate surface area is 267 Å². The third-order valence-corrected chi connectivity index (χ3v) is 11.1. The highest BCUT2D eigenvalue weighted by Crippen LogP contribution is 2.49. The molecule has 45 heavy (non-hydrogen) atoms. The van der Waals surface area contributed by atoms with Crippen LogP contribution < -0.4 is 0 Å². The molecule has 0 radical (unpaired) electrons. The quantitative estimate of drug-likeness (QED) is 0.180. The van der Waals surface area contributed by atoms with Gasteiger partial charge in [-0.3, -0.25) is 0 Å². The first-order valence-corrected chi connectivity index (χ1v) is 15.9. The van der Waals surface area contributed by atoms with Crippen molar-refractivity contribution in [3.8, 4) is 11.1 Å². The summed E-state index contributed by atoms with van der Waals surface area (Å²) < 4.78 is 49.7. The number of fused-ring (bicyclic) bond motifs is 16. The Morgan fingerprint density at radius 3 is 1.98 bits per heavy atom. The maximum Gasteiger partial charge on any atom is 0.0629 e. The summed E-state index contributed by atoms with van der Waals surface area (Å²) in [7, 11) is 0. The topological polar surface area (TPSA) is 8.82 Å². The summed E-state index contributed by atoms with van der Waals surface area (Å²) in [6, 6.07) is 35.5. The van der Waals surface area contributed by atoms with E-state index < -0.39 is 0 Å². The smallest absolute Gasteiger partial charge is 0.0629 e. The first kappa shape index (κ1) is 18.9. The van der Waals surface area contributed by atoms with E-state index in [1.165, 1.54) is 69.0 Å². The number of rotatable bonds is 1. The number of para-hydroxylation sites is 2. The number of hydrogen-bond donors (Lipinski definition) is 0. The molecule has 3 heteroatoms. The SMILES string of the molecule is [2H]c1c([2H])c([2H])c(-c2ccc3c4c5c(cc6c7cc8c(cc7n(c3c2)c64)c2cccc3c4ccccc4n8c32)sc2ccccc25)c([2H])c1[2H]. The minimum absolute atomic E-state index is 0.194. The van der Waals surface area contributed by atoms with E-state index in [4.69, 9.17) is 6.85 Å². The summed E-state index contributed by atoms with van der Waals surface area (Å²) >= 11 is 1.81. The maximum absolute atomic E-state index is 8.76. The molecule has 0 atom stereocenters. The van der Waals surface area contributed by atoms with Crippen molar-refractivity contribution >= 4 is 108 Å². The number of aromatic nitrogens is 2. The summed E-state index contributed by atoms with van der Waals surface area (Å²) in [5.74, 6) is 0. The highest BCUT2D eigenvalue weighted by Gasteiger charge is 2.25. The molecule has 0 aliphatic rings. The van der Waals surface area contributed by atoms with Crippen LogP contribution in [0.15, 0.2) is 133 Å². The largest absolute Gasteiger partial charge is 0.308 e. The molecule has 0 unspecified atom stereocenters. The molecule has 12 aromatic rings. The molecule has 5 heterocycles. The third-order valence-electron chi connectivity index (χ3n) is 10.0. The van der Waals surface area contributed by atoms with E-state index in [1.54, 1.807) is 0 Å². The maximum atomic E-state index is 8.76. The van der Waals surface area contributed by atoms with E-state index in [2.05, 4.69) is 99.8 Å². The Balaban J connectivity index is 1.32. The monoisotopic (exact) mass is 591 g/mol. The lowest BCUT2D eigenvalue weighted by molar-refractivity contribution is 1.36. The molecule has 0 amide bonds. The van der Waals surface area contributed by atoms with E-state index in [9.17, 15) is 0 Å². The van der Waals surface area contributed by atoms with Crippen LogP contribution in [-0.2, 0) is 0 Å². The van der Waals surface area contributed by atoms with Gasteiger partial charge < -0.3 is 8.80 Å². The molecule has 0 N–H and O–H groups in total. The molecule has 12 rings (SSSR count). The van der Waals surface area contributed by atoms with Crippen LogP contribution >= 0.6 is 11.3 Å². The van der Waals surface area contributed by atoms with Crippen LogP contribution in [0.4, 0.5) is 0 Å². The molecule has 5 aromatic heterocycles. The van der Waals surface area contributed by atoms with Gasteiger partial charge in [0.15, 0.2) is 0 Å². The second kappa shape index (κ2) is 7.71. The number of hydrogen-bond acceptors (Lipinski definition) is 1. The van der Waals surface area contributed by atoms with E-state index >= 15 is 0 Å². The fourth-order valence-corrected chi connectivity index (χ4v) is 9.44. The van der Waals surface area contributed by atoms with Crippen LogP contribution in [0.2, 0.25) is 0 Å². The van der Waals surface area contributed by atoms with Gasteiger partial charge in [-0.05, 0) is 47.5 Å². The van der Waals surface area contributed by atoms with Gasteiger partial charge in [-0.1, -0.05) is 96.9 Å². The van der Waals surface area contributed by atoms with Crippen LogP contribution in [0.25, 0.3) is 107 Å². The van der Waals surface area contributed by atoms with Gasteiger partial charge in [0.2, 0.25) is 0 Å². The van der Waals surface area contributed by atoms with Crippen molar-refractivity contribution < 1.29 is 6.85 Å². The predicted octanol–water partition coefficient (Wildman–Crippen LogP) is 12.0. The van der Waals surface area contributed by atoms with Gasteiger partial charge in [-0.15, -0.1) is 11.3 Å². The lowest BCUT2D eigenvalue weighted by atomic mass is 9.99. The van der Waals surface area contributed by atoms with Gasteiger partial charge in [-0.25, -0.2) is 0 Å². The van der Waals surface area contributed by atoms with Crippen molar-refractivity contribution in [2.24, 2.45) is 0 Å². The Morgan fingerprint density at radius 1 is 0.422 bits per heavy atom. The molecule has 7 aromatic carbocycles. The predicted molar refractivity (Wildman–Crippen MR) is 194 cm³/mol. The highest BCUT2D eigenvalue weighted by atomic mass is 32.1. The van der Waals surface area contributed by atoms with E-state index in [1.807, 2.05) is 23.5 Å². The summed E-state index contributed by atoms with van der Waals surface area (Å²) in [6.45, 7) is 0. The molecule has 0 saturated carbocycles. The molecule has 2 nitrogen and oxygen atoms in total. The molecule has 0 bridgehead atoms. The second-order valence-electron chi connectivity index (χ2n) is 12.1. The lowest BCUT2D eigenvalue weighted by Gasteiger charge is -2.05. The Morgan fingerprint density at radius 2 is 1.11 bits per heavy atom. The molecule has 0 saturated heterocycles. The van der Waals surface area contributed by atoms with Gasteiger partial charge >= 0.3 is 0 Å². The van der Waals surface area contributed by atoms with Crippen molar-refractivity contribution in [3.05, 3.63) is 133 Å². The van der Waals surface area contributed by atoms with E-state index in [0.717, 1.165) is 27.3 Å². The minimum atomic E-state index is -0.385. The van der Waals surface area contributed by atoms with E-state index in [0.29, 0.717) is 5.56 Å². The molecule has 0 aliphatic carbocycles. The number of benzene rings is 7. The Hall–Kier alpha value is -5.64. The van der Waals surface area contributed by atoms with Crippen molar-refractivity contribution in [2.45, 2.75) is 0 Å². The van der Waals surface area contributed by atoms with Gasteiger partial charge in [0.1, 0.15) is 0 Å². The third kappa shape index (κ3) is 2.61. The van der Waals surface area contributed by atoms with Gasteiger partial charge in [0.25, 0.3) is 0 Å². The Kier molecular flexibility index (Phi) is 3.24. The van der Waals surface area contributed by atoms with Gasteiger partial charge in [0.05, 0.1) is 40.0 Å². The number of nitrogens with zero attached hydrogens (tertiary/aromatic N) is 2. The zero-order valence-corrected chi connectivity index (χ0v) is 24.4. The summed E-state index contributed by atoms with van der Waals surface area (Å²) in [5, 5.41) is 12.0. The van der Waals surface area contributed by atoms with Crippen molar-refractivity contribution in [1.29, 1.82) is 0 Å². The van der Waals surface area contributed by atoms with Gasteiger partial charge in [-0.2, -0.15) is 0 Å². The summed E-state index contributed by atoms with van der Waals surface area (Å²) in [5.41, 5.74) is 7.61. The molecule has 0 aliphatic heterocycles. The normalized spacial score (nSPS) is 14.4. The minimum Gasteiger partial charge on any atom is -0.308 e. The van der Waals surface area contributed by atoms with Crippen molar-refractivity contribution in [2.75, 3.05) is 0 Å². The van der Waals surface area contributed by atoms with Crippen molar-refractivity contribution in [1.82, 2.24) is 8.80 Å². The zero-order chi connectivity index (χ0) is 33.3. The first-order valence-electron chi connectivity index (χ1n) is 17.6. The van der Waals surface area contributed by atoms with Crippen LogP contribution in [-0.4, -0.2) is 8.80 Å². The van der Waals surface area contributed by atoms with Crippen molar-refractivity contribution in [3.63, 3.8) is 0 Å². The van der Waals surface area contributed by atoms with Crippen LogP contribution in [0.1, 0.15) is 6.85 Å². The average Bonchev–Trinajstić information content (AvgIpc) is 3.93. The molecular formula is C42H22N2S. The van der Waals surface area contributed by atoms with Crippen LogP contribution in [0, 0.1) is 0 Å². The Bertz CT molecular complexity index is 3470. The highest BCUT2D eigenvalue weighted by molar-refractivity contribution is 7.26. The molecular weight excluding hydrogens is 565 g/mol. The molecule has 206 valence electrons. The first-order chi connectivity index (χ1) is 24.4. The zero-order valence-electron chi connectivity index (χ0n) is 28.6. The second-order valence-corrected chi connectivity index (χ2v) is 13.2. The fourth-order valence-electron chi connectivity index (χ4n) is 8.29. The standard InChI is InChI=1S/C42H22N2S/c1-2-9-23(10-3-1)24-17-18-28-34(19-24)44-36-20-30-27-14-8-13-26-25-11-4-6-15-33(25)43(41(26)27)35(30)21-31(36)32-22-38-39(40(28)42(32)44)29-12-5-7-16-37(29)45-38/h1-22H/i1D,2D,3D,9D,10D. The molecule has 0 spiro atoms. The van der Waals surface area contributed by atoms with E-state index in [-0.39, 0.29) is 35.8 Å². The summed E-state index contributed by atoms with van der Waals surface area (Å²) in [6.07, 6.45) is 0. The van der Waals surface area contributed by atoms with Crippen LogP contribution in [0.3, 0.4) is 0 Å². The summed E-state index contributed by atoms with van der Waals surface area (Å²) in [4.78, 5) is 0. The number of thiophene rings is 1.